The minimum absolute atomic E-state index is 0.274. The molecule has 164 valence electrons. The molecule has 4 aromatic rings. The second kappa shape index (κ2) is 7.78. The number of tetrazole rings is 1. The maximum Gasteiger partial charge on any atom is 0.368 e. The lowest BCUT2D eigenvalue weighted by atomic mass is 10.0. The minimum Gasteiger partial charge on any atom is -0.489 e. The van der Waals surface area contributed by atoms with Crippen molar-refractivity contribution in [3.05, 3.63) is 81.0 Å². The smallest absolute Gasteiger partial charge is 0.368 e. The molecule has 0 radical (unpaired) electrons. The van der Waals surface area contributed by atoms with Gasteiger partial charge in [-0.3, -0.25) is 0 Å². The van der Waals surface area contributed by atoms with Gasteiger partial charge in [0.25, 0.3) is 0 Å². The summed E-state index contributed by atoms with van der Waals surface area (Å²) in [4.78, 5) is 12.5. The zero-order valence-electron chi connectivity index (χ0n) is 18.7. The van der Waals surface area contributed by atoms with Crippen LogP contribution in [0, 0.1) is 20.8 Å². The molecular weight excluding hydrogens is 404 g/mol. The van der Waals surface area contributed by atoms with Crippen molar-refractivity contribution in [1.29, 1.82) is 0 Å². The van der Waals surface area contributed by atoms with E-state index in [2.05, 4.69) is 41.5 Å². The molecule has 8 heteroatoms. The molecule has 5 rings (SSSR count). The molecule has 0 N–H and O–H groups in total. The molecule has 0 unspecified atom stereocenters. The van der Waals surface area contributed by atoms with E-state index in [9.17, 15) is 4.79 Å². The molecule has 1 saturated carbocycles. The molecule has 0 aliphatic heterocycles. The summed E-state index contributed by atoms with van der Waals surface area (Å²) in [5.74, 6) is 1.31. The van der Waals surface area contributed by atoms with Gasteiger partial charge in [0.15, 0.2) is 0 Å². The fourth-order valence-electron chi connectivity index (χ4n) is 4.02. The molecular formula is C24H26N6O2. The third-order valence-corrected chi connectivity index (χ3v) is 6.18. The summed E-state index contributed by atoms with van der Waals surface area (Å²) in [6, 6.07) is 12.1. The van der Waals surface area contributed by atoms with E-state index in [1.165, 1.54) is 14.9 Å². The van der Waals surface area contributed by atoms with Gasteiger partial charge in [-0.2, -0.15) is 14.5 Å². The van der Waals surface area contributed by atoms with Crippen LogP contribution in [0.4, 0.5) is 0 Å². The summed E-state index contributed by atoms with van der Waals surface area (Å²) in [5, 5.41) is 12.4. The van der Waals surface area contributed by atoms with Crippen LogP contribution >= 0.6 is 0 Å². The second-order valence-electron chi connectivity index (χ2n) is 8.48. The minimum atomic E-state index is -0.274. The molecule has 2 aromatic carbocycles. The summed E-state index contributed by atoms with van der Waals surface area (Å²) in [6.07, 6.45) is 4.18. The average Bonchev–Trinajstić information content (AvgIpc) is 3.51. The molecule has 8 nitrogen and oxygen atoms in total. The first-order valence-electron chi connectivity index (χ1n) is 10.8. The predicted octanol–water partition coefficient (Wildman–Crippen LogP) is 3.53. The van der Waals surface area contributed by atoms with Crippen LogP contribution in [0.3, 0.4) is 0 Å². The average molecular weight is 431 g/mol. The number of hydrogen-bond donors (Lipinski definition) is 0. The van der Waals surface area contributed by atoms with Crippen LogP contribution in [-0.2, 0) is 13.7 Å². The van der Waals surface area contributed by atoms with Crippen molar-refractivity contribution in [3.63, 3.8) is 0 Å². The number of ether oxygens (including phenoxy) is 1. The molecule has 0 spiro atoms. The van der Waals surface area contributed by atoms with Gasteiger partial charge in [-0.1, -0.05) is 12.1 Å². The molecule has 0 bridgehead atoms. The Labute approximate surface area is 186 Å². The van der Waals surface area contributed by atoms with Crippen molar-refractivity contribution in [2.45, 2.75) is 46.1 Å². The monoisotopic (exact) mass is 430 g/mol. The first kappa shape index (κ1) is 20.2. The summed E-state index contributed by atoms with van der Waals surface area (Å²) in [5.41, 5.74) is 6.97. The van der Waals surface area contributed by atoms with Crippen LogP contribution in [0.15, 0.2) is 47.4 Å². The van der Waals surface area contributed by atoms with Crippen LogP contribution in [-0.4, -0.2) is 29.6 Å². The molecule has 1 fully saturated rings. The molecule has 32 heavy (non-hydrogen) atoms. The molecule has 0 amide bonds. The van der Waals surface area contributed by atoms with Gasteiger partial charge < -0.3 is 4.74 Å². The van der Waals surface area contributed by atoms with Gasteiger partial charge in [-0.25, -0.2) is 9.48 Å². The maximum atomic E-state index is 12.5. The fraction of sp³-hybridized carbons (Fsp3) is 0.333. The molecule has 1 aliphatic carbocycles. The topological polar surface area (TPSA) is 79.8 Å². The van der Waals surface area contributed by atoms with Crippen molar-refractivity contribution in [2.75, 3.05) is 0 Å². The Bertz CT molecular complexity index is 1360. The first-order valence-corrected chi connectivity index (χ1v) is 10.8. The van der Waals surface area contributed by atoms with E-state index in [0.29, 0.717) is 12.5 Å². The van der Waals surface area contributed by atoms with E-state index in [4.69, 9.17) is 4.74 Å². The predicted molar refractivity (Wildman–Crippen MR) is 121 cm³/mol. The Hall–Kier alpha value is -3.68. The quantitative estimate of drug-likeness (QED) is 0.468. The van der Waals surface area contributed by atoms with Gasteiger partial charge in [-0.05, 0) is 90.9 Å². The fourth-order valence-corrected chi connectivity index (χ4v) is 4.02. The number of benzene rings is 2. The molecule has 0 atom stereocenters. The first-order chi connectivity index (χ1) is 15.4. The molecule has 0 saturated heterocycles. The number of hydrogen-bond acceptors (Lipinski definition) is 5. The summed E-state index contributed by atoms with van der Waals surface area (Å²) >= 11 is 0. The largest absolute Gasteiger partial charge is 0.489 e. The van der Waals surface area contributed by atoms with Gasteiger partial charge in [0.05, 0.1) is 17.6 Å². The number of rotatable bonds is 6. The van der Waals surface area contributed by atoms with Crippen LogP contribution in [0.5, 0.6) is 5.75 Å². The van der Waals surface area contributed by atoms with E-state index in [-0.39, 0.29) is 5.69 Å². The van der Waals surface area contributed by atoms with Crippen LogP contribution in [0.25, 0.3) is 11.4 Å². The van der Waals surface area contributed by atoms with Crippen molar-refractivity contribution < 1.29 is 4.74 Å². The Kier molecular flexibility index (Phi) is 4.92. The lowest BCUT2D eigenvalue weighted by Crippen LogP contribution is -2.23. The van der Waals surface area contributed by atoms with E-state index >= 15 is 0 Å². The number of aromatic nitrogens is 6. The third kappa shape index (κ3) is 3.51. The van der Waals surface area contributed by atoms with Crippen molar-refractivity contribution in [3.8, 4) is 17.1 Å². The van der Waals surface area contributed by atoms with E-state index in [0.717, 1.165) is 52.4 Å². The van der Waals surface area contributed by atoms with E-state index in [1.807, 2.05) is 42.1 Å². The second-order valence-corrected chi connectivity index (χ2v) is 8.48. The van der Waals surface area contributed by atoms with E-state index in [1.54, 1.807) is 7.05 Å². The van der Waals surface area contributed by atoms with Gasteiger partial charge >= 0.3 is 5.69 Å². The Morgan fingerprint density at radius 1 is 1.03 bits per heavy atom. The van der Waals surface area contributed by atoms with Gasteiger partial charge in [0.2, 0.25) is 0 Å². The lowest BCUT2D eigenvalue weighted by Gasteiger charge is -2.16. The van der Waals surface area contributed by atoms with E-state index < -0.39 is 0 Å². The highest BCUT2D eigenvalue weighted by atomic mass is 16.5. The molecule has 2 heterocycles. The number of aryl methyl sites for hydroxylation is 3. The van der Waals surface area contributed by atoms with Crippen LogP contribution in [0.1, 0.15) is 46.7 Å². The van der Waals surface area contributed by atoms with Gasteiger partial charge in [0, 0.05) is 18.3 Å². The SMILES string of the molecule is Cc1cc(-n2ncc(C)c2C)ccc1OCc1c(C2CC2)cccc1-n1nnn(C)c1=O. The highest BCUT2D eigenvalue weighted by Gasteiger charge is 2.28. The highest BCUT2D eigenvalue weighted by Crippen LogP contribution is 2.43. The van der Waals surface area contributed by atoms with Gasteiger partial charge in [0.1, 0.15) is 12.4 Å². The zero-order chi connectivity index (χ0) is 22.4. The Morgan fingerprint density at radius 2 is 1.84 bits per heavy atom. The van der Waals surface area contributed by atoms with Crippen molar-refractivity contribution >= 4 is 0 Å². The summed E-state index contributed by atoms with van der Waals surface area (Å²) in [7, 11) is 1.60. The van der Waals surface area contributed by atoms with Crippen LogP contribution < -0.4 is 10.4 Å². The normalized spacial score (nSPS) is 13.5. The van der Waals surface area contributed by atoms with Crippen molar-refractivity contribution in [1.82, 2.24) is 29.6 Å². The summed E-state index contributed by atoms with van der Waals surface area (Å²) in [6.45, 7) is 6.50. The molecule has 2 aromatic heterocycles. The third-order valence-electron chi connectivity index (χ3n) is 6.18. The summed E-state index contributed by atoms with van der Waals surface area (Å²) < 4.78 is 10.8. The Morgan fingerprint density at radius 3 is 2.47 bits per heavy atom. The van der Waals surface area contributed by atoms with Crippen LogP contribution in [0.2, 0.25) is 0 Å². The zero-order valence-corrected chi connectivity index (χ0v) is 18.7. The molecule has 1 aliphatic rings. The highest BCUT2D eigenvalue weighted by molar-refractivity contribution is 5.49. The lowest BCUT2D eigenvalue weighted by molar-refractivity contribution is 0.302. The standard InChI is InChI=1S/C24H26N6O2/c1-15-12-19(29-17(3)16(2)13-25-29)10-11-23(15)32-14-21-20(18-8-9-18)6-5-7-22(21)30-24(31)28(4)26-27-30/h5-7,10-13,18H,8-9,14H2,1-4H3. The Balaban J connectivity index is 1.47. The van der Waals surface area contributed by atoms with Crippen molar-refractivity contribution in [2.24, 2.45) is 7.05 Å². The maximum absolute atomic E-state index is 12.5. The number of nitrogens with zero attached hydrogens (tertiary/aromatic N) is 6. The van der Waals surface area contributed by atoms with Gasteiger partial charge in [-0.15, -0.1) is 0 Å².